The Labute approximate surface area is 105 Å². The lowest BCUT2D eigenvalue weighted by Crippen LogP contribution is -2.11. The van der Waals surface area contributed by atoms with E-state index in [1.165, 1.54) is 31.0 Å². The number of hydrogen-bond donors (Lipinski definition) is 2. The van der Waals surface area contributed by atoms with E-state index in [9.17, 15) is 15.2 Å². The molecule has 0 spiro atoms. The van der Waals surface area contributed by atoms with Gasteiger partial charge in [0, 0.05) is 23.7 Å². The first-order valence-corrected chi connectivity index (χ1v) is 5.31. The Kier molecular flexibility index (Phi) is 4.31. The normalized spacial score (nSPS) is 16.1. The molecule has 0 unspecified atom stereocenters. The number of non-ortho nitro benzene ring substituents is 1. The molecular formula is C11H15ClN2O3. The van der Waals surface area contributed by atoms with Crippen molar-refractivity contribution in [1.29, 1.82) is 0 Å². The molecule has 94 valence electrons. The van der Waals surface area contributed by atoms with Crippen LogP contribution in [0.5, 0.6) is 5.75 Å². The summed E-state index contributed by atoms with van der Waals surface area (Å²) in [7, 11) is 0. The molecule has 6 heteroatoms. The van der Waals surface area contributed by atoms with Crippen LogP contribution in [0, 0.1) is 16.0 Å². The van der Waals surface area contributed by atoms with Crippen molar-refractivity contribution in [2.75, 3.05) is 0 Å². The van der Waals surface area contributed by atoms with Gasteiger partial charge in [0.25, 0.3) is 5.69 Å². The SMILES string of the molecule is Cl.N[C@H](CC1CC1)c1cc([N+](=O)[O-])ccc1O. The van der Waals surface area contributed by atoms with Gasteiger partial charge in [-0.25, -0.2) is 0 Å². The van der Waals surface area contributed by atoms with E-state index in [1.807, 2.05) is 0 Å². The number of phenols is 1. The third kappa shape index (κ3) is 3.31. The highest BCUT2D eigenvalue weighted by Crippen LogP contribution is 2.39. The largest absolute Gasteiger partial charge is 0.508 e. The van der Waals surface area contributed by atoms with Crippen molar-refractivity contribution < 1.29 is 10.0 Å². The van der Waals surface area contributed by atoms with E-state index in [1.54, 1.807) is 0 Å². The van der Waals surface area contributed by atoms with Gasteiger partial charge in [0.15, 0.2) is 0 Å². The topological polar surface area (TPSA) is 89.4 Å². The molecule has 17 heavy (non-hydrogen) atoms. The van der Waals surface area contributed by atoms with Crippen LogP contribution >= 0.6 is 12.4 Å². The molecule has 5 nitrogen and oxygen atoms in total. The molecule has 0 amide bonds. The van der Waals surface area contributed by atoms with Crippen molar-refractivity contribution in [2.45, 2.75) is 25.3 Å². The summed E-state index contributed by atoms with van der Waals surface area (Å²) in [5.41, 5.74) is 6.37. The van der Waals surface area contributed by atoms with E-state index in [2.05, 4.69) is 0 Å². The number of nitro groups is 1. The number of rotatable bonds is 4. The van der Waals surface area contributed by atoms with E-state index in [4.69, 9.17) is 5.73 Å². The Morgan fingerprint density at radius 3 is 2.71 bits per heavy atom. The van der Waals surface area contributed by atoms with Gasteiger partial charge in [-0.15, -0.1) is 12.4 Å². The van der Waals surface area contributed by atoms with E-state index in [0.717, 1.165) is 6.42 Å². The van der Waals surface area contributed by atoms with Crippen LogP contribution in [0.3, 0.4) is 0 Å². The molecule has 1 saturated carbocycles. The maximum absolute atomic E-state index is 10.6. The Morgan fingerprint density at radius 1 is 1.53 bits per heavy atom. The fourth-order valence-corrected chi connectivity index (χ4v) is 1.79. The second-order valence-corrected chi connectivity index (χ2v) is 4.29. The smallest absolute Gasteiger partial charge is 0.270 e. The van der Waals surface area contributed by atoms with Crippen LogP contribution in [-0.4, -0.2) is 10.0 Å². The van der Waals surface area contributed by atoms with Crippen LogP contribution in [0.15, 0.2) is 18.2 Å². The summed E-state index contributed by atoms with van der Waals surface area (Å²) in [6, 6.07) is 3.66. The first-order valence-electron chi connectivity index (χ1n) is 5.31. The zero-order valence-corrected chi connectivity index (χ0v) is 10.0. The van der Waals surface area contributed by atoms with Crippen molar-refractivity contribution in [2.24, 2.45) is 11.7 Å². The second kappa shape index (κ2) is 5.33. The lowest BCUT2D eigenvalue weighted by molar-refractivity contribution is -0.385. The molecule has 0 saturated heterocycles. The average molecular weight is 259 g/mol. The molecule has 2 rings (SSSR count). The number of benzene rings is 1. The minimum Gasteiger partial charge on any atom is -0.508 e. The maximum Gasteiger partial charge on any atom is 0.270 e. The van der Waals surface area contributed by atoms with Crippen LogP contribution in [0.1, 0.15) is 30.9 Å². The lowest BCUT2D eigenvalue weighted by atomic mass is 10.0. The van der Waals surface area contributed by atoms with Gasteiger partial charge in [-0.1, -0.05) is 12.8 Å². The van der Waals surface area contributed by atoms with E-state index in [-0.39, 0.29) is 29.9 Å². The van der Waals surface area contributed by atoms with E-state index >= 15 is 0 Å². The summed E-state index contributed by atoms with van der Waals surface area (Å²) < 4.78 is 0. The van der Waals surface area contributed by atoms with Crippen molar-refractivity contribution in [3.05, 3.63) is 33.9 Å². The van der Waals surface area contributed by atoms with Crippen molar-refractivity contribution in [1.82, 2.24) is 0 Å². The summed E-state index contributed by atoms with van der Waals surface area (Å²) in [6.07, 6.45) is 3.13. The van der Waals surface area contributed by atoms with Crippen molar-refractivity contribution >= 4 is 18.1 Å². The first kappa shape index (κ1) is 13.7. The standard InChI is InChI=1S/C11H14N2O3.ClH/c12-10(5-7-1-2-7)9-6-8(13(15)16)3-4-11(9)14;/h3-4,6-7,10,14H,1-2,5,12H2;1H/t10-;/m1./s1. The lowest BCUT2D eigenvalue weighted by Gasteiger charge is -2.12. The van der Waals surface area contributed by atoms with Crippen LogP contribution in [0.2, 0.25) is 0 Å². The molecule has 1 aromatic carbocycles. The van der Waals surface area contributed by atoms with Crippen LogP contribution in [-0.2, 0) is 0 Å². The zero-order chi connectivity index (χ0) is 11.7. The molecule has 0 heterocycles. The summed E-state index contributed by atoms with van der Waals surface area (Å²) >= 11 is 0. The van der Waals surface area contributed by atoms with Gasteiger partial charge in [0.1, 0.15) is 5.75 Å². The molecule has 1 atom stereocenters. The maximum atomic E-state index is 10.6. The predicted molar refractivity (Wildman–Crippen MR) is 66.3 cm³/mol. The molecule has 0 bridgehead atoms. The molecule has 0 aliphatic heterocycles. The fourth-order valence-electron chi connectivity index (χ4n) is 1.79. The minimum atomic E-state index is -0.479. The van der Waals surface area contributed by atoms with E-state index < -0.39 is 4.92 Å². The second-order valence-electron chi connectivity index (χ2n) is 4.29. The highest BCUT2D eigenvalue weighted by molar-refractivity contribution is 5.85. The summed E-state index contributed by atoms with van der Waals surface area (Å²) in [5.74, 6) is 0.660. The van der Waals surface area contributed by atoms with Gasteiger partial charge in [-0.2, -0.15) is 0 Å². The highest BCUT2D eigenvalue weighted by atomic mass is 35.5. The molecule has 1 aliphatic carbocycles. The molecule has 0 aromatic heterocycles. The quantitative estimate of drug-likeness (QED) is 0.641. The number of hydrogen-bond acceptors (Lipinski definition) is 4. The van der Waals surface area contributed by atoms with Gasteiger partial charge in [-0.05, 0) is 18.4 Å². The Morgan fingerprint density at radius 2 is 2.18 bits per heavy atom. The molecule has 1 fully saturated rings. The predicted octanol–water partition coefficient (Wildman–Crippen LogP) is 2.52. The third-order valence-corrected chi connectivity index (χ3v) is 2.91. The highest BCUT2D eigenvalue weighted by Gasteiger charge is 2.26. The van der Waals surface area contributed by atoms with Gasteiger partial charge in [-0.3, -0.25) is 10.1 Å². The van der Waals surface area contributed by atoms with Crippen LogP contribution in [0.4, 0.5) is 5.69 Å². The molecule has 0 radical (unpaired) electrons. The van der Waals surface area contributed by atoms with Gasteiger partial charge in [0.05, 0.1) is 4.92 Å². The van der Waals surface area contributed by atoms with Crippen molar-refractivity contribution in [3.63, 3.8) is 0 Å². The van der Waals surface area contributed by atoms with Gasteiger partial charge < -0.3 is 10.8 Å². The Hall–Kier alpha value is -1.33. The number of halogens is 1. The number of aromatic hydroxyl groups is 1. The monoisotopic (exact) mass is 258 g/mol. The molecular weight excluding hydrogens is 244 g/mol. The first-order chi connectivity index (χ1) is 7.58. The number of nitrogens with zero attached hydrogens (tertiary/aromatic N) is 1. The average Bonchev–Trinajstić information content (AvgIpc) is 3.01. The summed E-state index contributed by atoms with van der Waals surface area (Å²) in [5, 5.41) is 20.2. The number of nitro benzene ring substituents is 1. The van der Waals surface area contributed by atoms with E-state index in [0.29, 0.717) is 11.5 Å². The molecule has 3 N–H and O–H groups in total. The Bertz CT molecular complexity index is 421. The Balaban J connectivity index is 0.00000144. The van der Waals surface area contributed by atoms with Crippen LogP contribution < -0.4 is 5.73 Å². The van der Waals surface area contributed by atoms with Gasteiger partial charge >= 0.3 is 0 Å². The molecule has 1 aliphatic rings. The minimum absolute atomic E-state index is 0. The zero-order valence-electron chi connectivity index (χ0n) is 9.20. The molecule has 1 aromatic rings. The summed E-state index contributed by atoms with van der Waals surface area (Å²) in [4.78, 5) is 10.1. The van der Waals surface area contributed by atoms with Gasteiger partial charge in [0.2, 0.25) is 0 Å². The summed E-state index contributed by atoms with van der Waals surface area (Å²) in [6.45, 7) is 0. The van der Waals surface area contributed by atoms with Crippen molar-refractivity contribution in [3.8, 4) is 5.75 Å². The number of nitrogens with two attached hydrogens (primary N) is 1. The van der Waals surface area contributed by atoms with Crippen LogP contribution in [0.25, 0.3) is 0 Å². The number of phenolic OH excluding ortho intramolecular Hbond substituents is 1. The third-order valence-electron chi connectivity index (χ3n) is 2.91. The fraction of sp³-hybridized carbons (Fsp3) is 0.455.